The van der Waals surface area contributed by atoms with Gasteiger partial charge >= 0.3 is 0 Å². The summed E-state index contributed by atoms with van der Waals surface area (Å²) in [5, 5.41) is 4.98. The van der Waals surface area contributed by atoms with Crippen LogP contribution in [0.15, 0.2) is 267 Å². The van der Waals surface area contributed by atoms with Gasteiger partial charge in [-0.05, 0) is 127 Å². The van der Waals surface area contributed by atoms with Gasteiger partial charge in [-0.1, -0.05) is 206 Å². The van der Waals surface area contributed by atoms with E-state index >= 15 is 0 Å². The predicted molar refractivity (Wildman–Crippen MR) is 288 cm³/mol. The largest absolute Gasteiger partial charge is 0.307 e. The molecule has 0 radical (unpaired) electrons. The Kier molecular flexibility index (Phi) is 9.54. The van der Waals surface area contributed by atoms with Crippen molar-refractivity contribution >= 4 is 43.6 Å². The lowest BCUT2D eigenvalue weighted by atomic mass is 9.94. The van der Waals surface area contributed by atoms with Crippen LogP contribution in [0.3, 0.4) is 0 Å². The maximum atomic E-state index is 2.48. The molecule has 2 aromatic heterocycles. The Morgan fingerprint density at radius 2 is 0.471 bits per heavy atom. The molecule has 0 amide bonds. The molecule has 0 fully saturated rings. The lowest BCUT2D eigenvalue weighted by Gasteiger charge is -2.14. The van der Waals surface area contributed by atoms with Gasteiger partial charge in [0.25, 0.3) is 0 Å². The van der Waals surface area contributed by atoms with Gasteiger partial charge in [-0.2, -0.15) is 0 Å². The molecular weight excluding hydrogens is 821 g/mol. The zero-order valence-corrected chi connectivity index (χ0v) is 37.3. The predicted octanol–water partition coefficient (Wildman–Crippen LogP) is 17.9. The number of benzene rings is 11. The number of nitrogens with zero attached hydrogens (tertiary/aromatic N) is 2. The first-order chi connectivity index (χ1) is 33.7. The van der Waals surface area contributed by atoms with Crippen molar-refractivity contribution in [1.82, 2.24) is 9.13 Å². The number of hydrogen-bond donors (Lipinski definition) is 0. The van der Waals surface area contributed by atoms with E-state index < -0.39 is 0 Å². The second-order valence-electron chi connectivity index (χ2n) is 17.7. The first-order valence-corrected chi connectivity index (χ1v) is 23.4. The normalized spacial score (nSPS) is 11.5. The Balaban J connectivity index is 0.834. The van der Waals surface area contributed by atoms with Gasteiger partial charge in [-0.3, -0.25) is 0 Å². The van der Waals surface area contributed by atoms with Crippen LogP contribution in [0.1, 0.15) is 0 Å². The van der Waals surface area contributed by atoms with Crippen LogP contribution in [0, 0.1) is 0 Å². The molecule has 318 valence electrons. The molecule has 0 saturated carbocycles. The summed E-state index contributed by atoms with van der Waals surface area (Å²) in [7, 11) is 0. The van der Waals surface area contributed by atoms with Crippen molar-refractivity contribution in [1.29, 1.82) is 0 Å². The van der Waals surface area contributed by atoms with Crippen molar-refractivity contribution in [2.75, 3.05) is 0 Å². The number of rotatable bonds is 8. The summed E-state index contributed by atoms with van der Waals surface area (Å²) in [6, 6.07) is 97.3. The van der Waals surface area contributed by atoms with Crippen LogP contribution >= 0.6 is 0 Å². The monoisotopic (exact) mass is 864 g/mol. The van der Waals surface area contributed by atoms with Crippen LogP contribution < -0.4 is 0 Å². The molecule has 2 heteroatoms. The van der Waals surface area contributed by atoms with E-state index in [4.69, 9.17) is 0 Å². The third kappa shape index (κ3) is 6.82. The summed E-state index contributed by atoms with van der Waals surface area (Å²) in [5.74, 6) is 0. The van der Waals surface area contributed by atoms with Crippen molar-refractivity contribution in [2.45, 2.75) is 0 Å². The highest BCUT2D eigenvalue weighted by Gasteiger charge is 2.21. The van der Waals surface area contributed by atoms with Crippen LogP contribution in [0.2, 0.25) is 0 Å². The van der Waals surface area contributed by atoms with Crippen molar-refractivity contribution < 1.29 is 0 Å². The highest BCUT2D eigenvalue weighted by molar-refractivity contribution is 6.23. The Hall–Kier alpha value is -8.98. The summed E-state index contributed by atoms with van der Waals surface area (Å²) in [6.45, 7) is 0. The third-order valence-electron chi connectivity index (χ3n) is 13.7. The minimum absolute atomic E-state index is 1.13. The molecule has 0 bridgehead atoms. The average Bonchev–Trinajstić information content (AvgIpc) is 3.95. The molecule has 0 N–H and O–H groups in total. The maximum Gasteiger partial charge on any atom is 0.0788 e. The maximum absolute atomic E-state index is 2.48. The smallest absolute Gasteiger partial charge is 0.0788 e. The van der Waals surface area contributed by atoms with Gasteiger partial charge < -0.3 is 9.13 Å². The second-order valence-corrected chi connectivity index (χ2v) is 17.7. The fourth-order valence-electron chi connectivity index (χ4n) is 10.4. The molecule has 13 rings (SSSR count). The molecule has 0 aliphatic heterocycles. The van der Waals surface area contributed by atoms with Crippen molar-refractivity contribution in [3.8, 4) is 78.1 Å². The molecular formula is C66H44N2. The van der Waals surface area contributed by atoms with E-state index in [2.05, 4.69) is 276 Å². The number of hydrogen-bond acceptors (Lipinski definition) is 0. The highest BCUT2D eigenvalue weighted by Crippen LogP contribution is 2.42. The zero-order chi connectivity index (χ0) is 45.0. The first kappa shape index (κ1) is 39.4. The van der Waals surface area contributed by atoms with Gasteiger partial charge in [0.1, 0.15) is 0 Å². The summed E-state index contributed by atoms with van der Waals surface area (Å²) in [6.07, 6.45) is 0. The van der Waals surface area contributed by atoms with Gasteiger partial charge in [0.05, 0.1) is 22.1 Å². The fourth-order valence-corrected chi connectivity index (χ4v) is 10.4. The van der Waals surface area contributed by atoms with Crippen molar-refractivity contribution in [2.24, 2.45) is 0 Å². The van der Waals surface area contributed by atoms with E-state index in [1.54, 1.807) is 0 Å². The number of para-hydroxylation sites is 3. The first-order valence-electron chi connectivity index (χ1n) is 23.4. The van der Waals surface area contributed by atoms with Gasteiger partial charge in [0, 0.05) is 32.9 Å². The molecule has 11 aromatic carbocycles. The van der Waals surface area contributed by atoms with Gasteiger partial charge in [-0.25, -0.2) is 0 Å². The molecule has 0 unspecified atom stereocenters. The number of fused-ring (bicyclic) bond motifs is 7. The summed E-state index contributed by atoms with van der Waals surface area (Å²) in [5.41, 5.74) is 21.5. The Labute approximate surface area is 395 Å². The van der Waals surface area contributed by atoms with Crippen LogP contribution in [-0.4, -0.2) is 9.13 Å². The van der Waals surface area contributed by atoms with Crippen LogP contribution in [-0.2, 0) is 0 Å². The highest BCUT2D eigenvalue weighted by atomic mass is 15.0. The summed E-state index contributed by atoms with van der Waals surface area (Å²) >= 11 is 0. The van der Waals surface area contributed by atoms with Gasteiger partial charge in [0.15, 0.2) is 0 Å². The molecule has 2 heterocycles. The van der Waals surface area contributed by atoms with E-state index in [1.165, 1.54) is 110 Å². The Bertz CT molecular complexity index is 4000. The Morgan fingerprint density at radius 3 is 0.912 bits per heavy atom. The molecule has 2 nitrogen and oxygen atoms in total. The zero-order valence-electron chi connectivity index (χ0n) is 37.3. The number of aromatic nitrogens is 2. The Morgan fingerprint density at radius 1 is 0.176 bits per heavy atom. The molecule has 0 aliphatic rings. The van der Waals surface area contributed by atoms with Crippen LogP contribution in [0.25, 0.3) is 122 Å². The molecule has 68 heavy (non-hydrogen) atoms. The minimum atomic E-state index is 1.13. The minimum Gasteiger partial charge on any atom is -0.307 e. The lowest BCUT2D eigenvalue weighted by molar-refractivity contribution is 1.15. The molecule has 0 spiro atoms. The quantitative estimate of drug-likeness (QED) is 0.144. The van der Waals surface area contributed by atoms with E-state index in [-0.39, 0.29) is 0 Å². The van der Waals surface area contributed by atoms with Crippen LogP contribution in [0.5, 0.6) is 0 Å². The van der Waals surface area contributed by atoms with Crippen LogP contribution in [0.4, 0.5) is 0 Å². The summed E-state index contributed by atoms with van der Waals surface area (Å²) < 4.78 is 4.93. The van der Waals surface area contributed by atoms with E-state index in [0.717, 1.165) is 11.4 Å². The van der Waals surface area contributed by atoms with Gasteiger partial charge in [0.2, 0.25) is 0 Å². The second kappa shape index (κ2) is 16.5. The standard InChI is InChI=1S/C66H44N2/c1-3-16-45(17-4-1)48-18-11-21-51(40-48)53-23-14-24-54(43-53)52-22-12-19-49(41-52)46-34-36-47(37-35-46)50-20-13-25-55(42-50)56-26-15-29-58(44-56)68-64-33-10-8-31-60(64)62-39-38-61-59-30-7-9-32-63(59)67(65(61)66(62)68)57-27-5-2-6-28-57/h1-44H. The van der Waals surface area contributed by atoms with Crippen molar-refractivity contribution in [3.05, 3.63) is 267 Å². The lowest BCUT2D eigenvalue weighted by Crippen LogP contribution is -1.98. The van der Waals surface area contributed by atoms with Gasteiger partial charge in [-0.15, -0.1) is 0 Å². The van der Waals surface area contributed by atoms with Crippen molar-refractivity contribution in [3.63, 3.8) is 0 Å². The molecule has 13 aromatic rings. The molecule has 0 atom stereocenters. The average molecular weight is 865 g/mol. The molecule has 0 saturated heterocycles. The summed E-state index contributed by atoms with van der Waals surface area (Å²) in [4.78, 5) is 0. The third-order valence-corrected chi connectivity index (χ3v) is 13.7. The fraction of sp³-hybridized carbons (Fsp3) is 0. The topological polar surface area (TPSA) is 9.86 Å². The van der Waals surface area contributed by atoms with E-state index in [0.29, 0.717) is 0 Å². The van der Waals surface area contributed by atoms with E-state index in [9.17, 15) is 0 Å². The SMILES string of the molecule is c1ccc(-c2cccc(-c3cccc(-c4cccc(-c5ccc(-c6cccc(-c7cccc(-n8c9ccccc9c9ccc%10c%11ccccc%11n(-c%11ccccc%11)c%10c98)c7)c6)cc5)c4)c3)c2)cc1. The van der Waals surface area contributed by atoms with E-state index in [1.807, 2.05) is 0 Å². The molecule has 0 aliphatic carbocycles.